The third-order valence-electron chi connectivity index (χ3n) is 5.88. The molecule has 0 radical (unpaired) electrons. The number of aromatic nitrogens is 1. The predicted octanol–water partition coefficient (Wildman–Crippen LogP) is 3.23. The lowest BCUT2D eigenvalue weighted by atomic mass is 9.85. The van der Waals surface area contributed by atoms with E-state index in [0.29, 0.717) is 6.04 Å². The Hall–Kier alpha value is -2.07. The van der Waals surface area contributed by atoms with Crippen molar-refractivity contribution in [2.45, 2.75) is 33.4 Å². The molecule has 2 aromatic rings. The maximum Gasteiger partial charge on any atom is 0.230 e. The van der Waals surface area contributed by atoms with Gasteiger partial charge < -0.3 is 9.47 Å². The second kappa shape index (κ2) is 6.34. The first kappa shape index (κ1) is 16.4. The second-order valence-electron chi connectivity index (χ2n) is 7.05. The summed E-state index contributed by atoms with van der Waals surface area (Å²) in [7, 11) is 0. The van der Waals surface area contributed by atoms with Crippen molar-refractivity contribution in [3.63, 3.8) is 0 Å². The summed E-state index contributed by atoms with van der Waals surface area (Å²) in [5.41, 5.74) is 3.96. The average molecular weight is 337 g/mol. The quantitative estimate of drug-likeness (QED) is 0.857. The molecule has 0 fully saturated rings. The summed E-state index contributed by atoms with van der Waals surface area (Å²) in [6.45, 7) is 10.7. The number of hydrogen-bond acceptors (Lipinski definition) is 2. The molecule has 0 aliphatic carbocycles. The summed E-state index contributed by atoms with van der Waals surface area (Å²) in [5, 5.41) is 1.29. The zero-order valence-corrected chi connectivity index (χ0v) is 15.4. The first-order chi connectivity index (χ1) is 12.2. The van der Waals surface area contributed by atoms with E-state index in [1.54, 1.807) is 0 Å². The van der Waals surface area contributed by atoms with Crippen LogP contribution in [-0.2, 0) is 11.3 Å². The predicted molar refractivity (Wildman–Crippen MR) is 102 cm³/mol. The largest absolute Gasteiger partial charge is 0.345 e. The number of fused-ring (bicyclic) bond motifs is 2. The molecule has 2 aliphatic heterocycles. The molecule has 0 N–H and O–H groups in total. The van der Waals surface area contributed by atoms with E-state index in [4.69, 9.17) is 0 Å². The van der Waals surface area contributed by atoms with Gasteiger partial charge in [0, 0.05) is 43.3 Å². The van der Waals surface area contributed by atoms with E-state index in [1.165, 1.54) is 22.0 Å². The van der Waals surface area contributed by atoms with Crippen LogP contribution in [0, 0.1) is 5.92 Å². The highest BCUT2D eigenvalue weighted by atomic mass is 16.2. The van der Waals surface area contributed by atoms with E-state index in [0.717, 1.165) is 32.7 Å². The zero-order valence-electron chi connectivity index (χ0n) is 15.4. The minimum absolute atomic E-state index is 0.0390. The van der Waals surface area contributed by atoms with Crippen LogP contribution in [0.2, 0.25) is 0 Å². The molecule has 2 atom stereocenters. The zero-order chi connectivity index (χ0) is 17.6. The number of amides is 1. The van der Waals surface area contributed by atoms with Gasteiger partial charge >= 0.3 is 0 Å². The van der Waals surface area contributed by atoms with Gasteiger partial charge in [0.05, 0.1) is 17.5 Å². The van der Waals surface area contributed by atoms with Gasteiger partial charge in [-0.2, -0.15) is 0 Å². The van der Waals surface area contributed by atoms with Gasteiger partial charge in [0.1, 0.15) is 0 Å². The van der Waals surface area contributed by atoms with Crippen LogP contribution in [0.5, 0.6) is 0 Å². The summed E-state index contributed by atoms with van der Waals surface area (Å²) >= 11 is 0. The van der Waals surface area contributed by atoms with Crippen molar-refractivity contribution in [2.24, 2.45) is 5.92 Å². The van der Waals surface area contributed by atoms with Crippen molar-refractivity contribution < 1.29 is 4.79 Å². The van der Waals surface area contributed by atoms with Crippen LogP contribution in [0.3, 0.4) is 0 Å². The van der Waals surface area contributed by atoms with Gasteiger partial charge in [-0.3, -0.25) is 9.69 Å². The molecule has 0 unspecified atom stereocenters. The number of carbonyl (C=O) groups is 1. The molecule has 3 heterocycles. The fraction of sp³-hybridized carbons (Fsp3) is 0.476. The first-order valence-corrected chi connectivity index (χ1v) is 9.50. The Morgan fingerprint density at radius 2 is 1.96 bits per heavy atom. The monoisotopic (exact) mass is 337 g/mol. The van der Waals surface area contributed by atoms with E-state index >= 15 is 0 Å². The highest BCUT2D eigenvalue weighted by molar-refractivity contribution is 5.96. The highest BCUT2D eigenvalue weighted by Crippen LogP contribution is 2.39. The van der Waals surface area contributed by atoms with Crippen LogP contribution in [0.1, 0.15) is 26.3 Å². The van der Waals surface area contributed by atoms with Gasteiger partial charge in [-0.25, -0.2) is 0 Å². The van der Waals surface area contributed by atoms with Gasteiger partial charge in [-0.15, -0.1) is 0 Å². The van der Waals surface area contributed by atoms with Crippen LogP contribution in [0.15, 0.2) is 36.5 Å². The minimum Gasteiger partial charge on any atom is -0.345 e. The molecule has 2 aliphatic rings. The van der Waals surface area contributed by atoms with Crippen molar-refractivity contribution in [3.05, 3.63) is 42.1 Å². The molecule has 1 aromatic heterocycles. The molecule has 0 saturated carbocycles. The number of likely N-dealkylation sites (N-methyl/N-ethyl adjacent to an activating group) is 1. The third-order valence-corrected chi connectivity index (χ3v) is 5.88. The number of benzene rings is 1. The van der Waals surface area contributed by atoms with Crippen molar-refractivity contribution in [1.29, 1.82) is 0 Å². The molecule has 25 heavy (non-hydrogen) atoms. The van der Waals surface area contributed by atoms with E-state index in [9.17, 15) is 4.79 Å². The van der Waals surface area contributed by atoms with Crippen LogP contribution < -0.4 is 0 Å². The number of hydrogen-bond donors (Lipinski definition) is 0. The van der Waals surface area contributed by atoms with Crippen molar-refractivity contribution >= 4 is 22.4 Å². The molecular formula is C21H27N3O. The summed E-state index contributed by atoms with van der Waals surface area (Å²) in [4.78, 5) is 17.4. The fourth-order valence-corrected chi connectivity index (χ4v) is 4.54. The Balaban J connectivity index is 1.81. The second-order valence-corrected chi connectivity index (χ2v) is 7.05. The maximum absolute atomic E-state index is 13.0. The van der Waals surface area contributed by atoms with Crippen molar-refractivity contribution in [3.8, 4) is 0 Å². The van der Waals surface area contributed by atoms with Crippen molar-refractivity contribution in [1.82, 2.24) is 14.4 Å². The number of nitrogens with zero attached hydrogens (tertiary/aromatic N) is 3. The summed E-state index contributed by atoms with van der Waals surface area (Å²) in [6, 6.07) is 9.10. The van der Waals surface area contributed by atoms with E-state index in [1.807, 2.05) is 4.90 Å². The molecule has 1 aromatic carbocycles. The number of rotatable bonds is 4. The molecule has 4 rings (SSSR count). The standard InChI is InChI=1S/C21H27N3O/c1-4-22(5-2)21(25)16-12-18-17-9-7-8-15-10-11-24(20(15)17)14-19(18)23(6-3)13-16/h7-12,16,19H,4-6,13-14H2,1-3H3/t16-,19-/m0/s1. The van der Waals surface area contributed by atoms with E-state index in [2.05, 4.69) is 66.8 Å². The van der Waals surface area contributed by atoms with Crippen LogP contribution in [0.4, 0.5) is 0 Å². The minimum atomic E-state index is -0.0390. The van der Waals surface area contributed by atoms with Crippen LogP contribution in [-0.4, -0.2) is 52.5 Å². The molecule has 4 heteroatoms. The molecular weight excluding hydrogens is 310 g/mol. The molecule has 0 bridgehead atoms. The Kier molecular flexibility index (Phi) is 4.16. The fourth-order valence-electron chi connectivity index (χ4n) is 4.54. The average Bonchev–Trinajstić information content (AvgIpc) is 3.06. The van der Waals surface area contributed by atoms with Gasteiger partial charge in [0.2, 0.25) is 5.91 Å². The lowest BCUT2D eigenvalue weighted by Gasteiger charge is -2.42. The normalized spacial score (nSPS) is 22.6. The molecule has 0 spiro atoms. The Labute approximate surface area is 149 Å². The van der Waals surface area contributed by atoms with Gasteiger partial charge in [-0.05, 0) is 32.0 Å². The highest BCUT2D eigenvalue weighted by Gasteiger charge is 2.37. The first-order valence-electron chi connectivity index (χ1n) is 9.50. The van der Waals surface area contributed by atoms with Crippen LogP contribution in [0.25, 0.3) is 16.5 Å². The Morgan fingerprint density at radius 3 is 2.68 bits per heavy atom. The molecule has 0 saturated heterocycles. The third kappa shape index (κ3) is 2.51. The lowest BCUT2D eigenvalue weighted by molar-refractivity contribution is -0.134. The Morgan fingerprint density at radius 1 is 1.16 bits per heavy atom. The van der Waals surface area contributed by atoms with Gasteiger partial charge in [0.25, 0.3) is 0 Å². The smallest absolute Gasteiger partial charge is 0.230 e. The van der Waals surface area contributed by atoms with E-state index in [-0.39, 0.29) is 11.8 Å². The van der Waals surface area contributed by atoms with Gasteiger partial charge in [-0.1, -0.05) is 31.2 Å². The molecule has 132 valence electrons. The van der Waals surface area contributed by atoms with Crippen molar-refractivity contribution in [2.75, 3.05) is 26.2 Å². The maximum atomic E-state index is 13.0. The number of carbonyl (C=O) groups excluding carboxylic acids is 1. The molecule has 1 amide bonds. The summed E-state index contributed by atoms with van der Waals surface area (Å²) < 4.78 is 2.38. The summed E-state index contributed by atoms with van der Waals surface area (Å²) in [6.07, 6.45) is 4.47. The number of para-hydroxylation sites is 1. The Bertz CT molecular complexity index is 831. The van der Waals surface area contributed by atoms with E-state index < -0.39 is 0 Å². The SMILES string of the molecule is CCN(CC)C(=O)[C@H]1C=C2c3cccc4ccn(c34)C[C@@H]2N(CC)C1. The molecule has 4 nitrogen and oxygen atoms in total. The lowest BCUT2D eigenvalue weighted by Crippen LogP contribution is -2.50. The van der Waals surface area contributed by atoms with Crippen LogP contribution >= 0.6 is 0 Å². The topological polar surface area (TPSA) is 28.5 Å². The van der Waals surface area contributed by atoms with Gasteiger partial charge in [0.15, 0.2) is 0 Å². The summed E-state index contributed by atoms with van der Waals surface area (Å²) in [5.74, 6) is 0.227.